The maximum Gasteiger partial charge on any atom is 0.305 e. The molecule has 0 N–H and O–H groups in total. The van der Waals surface area contributed by atoms with Crippen LogP contribution in [0.4, 0.5) is 0 Å². The first-order chi connectivity index (χ1) is 7.24. The number of hydrogen-bond acceptors (Lipinski definition) is 4. The van der Waals surface area contributed by atoms with Crippen molar-refractivity contribution in [3.63, 3.8) is 0 Å². The molecule has 1 aliphatic rings. The number of ether oxygens (including phenoxy) is 2. The molecule has 5 nitrogen and oxygen atoms in total. The molecule has 0 aromatic rings. The Kier molecular flexibility index (Phi) is 8.76. The van der Waals surface area contributed by atoms with Gasteiger partial charge in [0, 0.05) is 19.5 Å². The van der Waals surface area contributed by atoms with Gasteiger partial charge in [-0.2, -0.15) is 0 Å². The van der Waals surface area contributed by atoms with Crippen LogP contribution >= 0.6 is 0 Å². The van der Waals surface area contributed by atoms with Gasteiger partial charge in [0.1, 0.15) is 0 Å². The lowest BCUT2D eigenvalue weighted by atomic mass is 10.3. The third-order valence-corrected chi connectivity index (χ3v) is 1.88. The van der Waals surface area contributed by atoms with Gasteiger partial charge in [-0.15, -0.1) is 0 Å². The second-order valence-corrected chi connectivity index (χ2v) is 3.08. The molecular formula is C10H19NO4. The van der Waals surface area contributed by atoms with Gasteiger partial charge in [-0.3, -0.25) is 9.59 Å². The van der Waals surface area contributed by atoms with Crippen molar-refractivity contribution in [2.24, 2.45) is 0 Å². The van der Waals surface area contributed by atoms with Crippen molar-refractivity contribution < 1.29 is 19.1 Å². The zero-order valence-electron chi connectivity index (χ0n) is 9.40. The molecule has 1 amide bonds. The van der Waals surface area contributed by atoms with Gasteiger partial charge in [-0.25, -0.2) is 0 Å². The number of carbonyl (C=O) groups is 2. The number of carbonyl (C=O) groups excluding carboxylic acids is 2. The fourth-order valence-electron chi connectivity index (χ4n) is 0.989. The van der Waals surface area contributed by atoms with Gasteiger partial charge in [-0.05, 0) is 6.42 Å². The van der Waals surface area contributed by atoms with Crippen LogP contribution in [0.1, 0.15) is 19.8 Å². The van der Waals surface area contributed by atoms with Crippen molar-refractivity contribution in [1.82, 2.24) is 4.90 Å². The van der Waals surface area contributed by atoms with Gasteiger partial charge in [0.15, 0.2) is 0 Å². The second kappa shape index (κ2) is 9.45. The van der Waals surface area contributed by atoms with Crippen molar-refractivity contribution in [3.8, 4) is 0 Å². The number of hydrogen-bond donors (Lipinski definition) is 0. The van der Waals surface area contributed by atoms with E-state index in [0.29, 0.717) is 19.6 Å². The molecule has 0 saturated carbocycles. The van der Waals surface area contributed by atoms with Crippen LogP contribution in [0.2, 0.25) is 0 Å². The van der Waals surface area contributed by atoms with E-state index in [1.54, 1.807) is 4.90 Å². The molecule has 88 valence electrons. The predicted octanol–water partition coefficient (Wildman–Crippen LogP) is 0.434. The molecule has 15 heavy (non-hydrogen) atoms. The molecule has 0 unspecified atom stereocenters. The van der Waals surface area contributed by atoms with Crippen molar-refractivity contribution in [2.75, 3.05) is 33.4 Å². The first kappa shape index (κ1) is 13.9. The van der Waals surface area contributed by atoms with Gasteiger partial charge in [0.25, 0.3) is 0 Å². The smallest absolute Gasteiger partial charge is 0.305 e. The molecule has 0 aliphatic carbocycles. The summed E-state index contributed by atoms with van der Waals surface area (Å²) >= 11 is 0. The number of esters is 1. The van der Waals surface area contributed by atoms with Crippen LogP contribution in [0.5, 0.6) is 0 Å². The topological polar surface area (TPSA) is 55.8 Å². The van der Waals surface area contributed by atoms with E-state index in [4.69, 9.17) is 4.74 Å². The Balaban J connectivity index is 0.000000265. The highest BCUT2D eigenvalue weighted by Gasteiger charge is 2.05. The molecule has 5 heteroatoms. The lowest BCUT2D eigenvalue weighted by molar-refractivity contribution is -0.140. The number of methoxy groups -OCH3 is 1. The minimum absolute atomic E-state index is 0.123. The van der Waals surface area contributed by atoms with E-state index in [9.17, 15) is 9.59 Å². The molecule has 1 aliphatic heterocycles. The summed E-state index contributed by atoms with van der Waals surface area (Å²) in [6.45, 7) is 4.83. The van der Waals surface area contributed by atoms with E-state index in [1.807, 2.05) is 6.92 Å². The summed E-state index contributed by atoms with van der Waals surface area (Å²) in [5, 5.41) is 0. The van der Waals surface area contributed by atoms with Crippen molar-refractivity contribution in [3.05, 3.63) is 0 Å². The maximum atomic E-state index is 10.2. The predicted molar refractivity (Wildman–Crippen MR) is 55.4 cm³/mol. The van der Waals surface area contributed by atoms with Crippen LogP contribution in [-0.4, -0.2) is 50.7 Å². The van der Waals surface area contributed by atoms with Crippen LogP contribution in [0.25, 0.3) is 0 Å². The molecule has 0 bridgehead atoms. The Morgan fingerprint density at radius 3 is 2.33 bits per heavy atom. The lowest BCUT2D eigenvalue weighted by Gasteiger charge is -2.21. The van der Waals surface area contributed by atoms with Crippen molar-refractivity contribution >= 4 is 12.4 Å². The normalized spacial score (nSPS) is 14.9. The minimum Gasteiger partial charge on any atom is -0.469 e. The largest absolute Gasteiger partial charge is 0.469 e. The van der Waals surface area contributed by atoms with Crippen LogP contribution in [0, 0.1) is 0 Å². The maximum absolute atomic E-state index is 10.2. The Morgan fingerprint density at radius 2 is 2.07 bits per heavy atom. The highest BCUT2D eigenvalue weighted by Crippen LogP contribution is 1.90. The Hall–Kier alpha value is -1.10. The molecule has 0 atom stereocenters. The summed E-state index contributed by atoms with van der Waals surface area (Å²) in [4.78, 5) is 21.9. The van der Waals surface area contributed by atoms with Crippen LogP contribution in [0.15, 0.2) is 0 Å². The summed E-state index contributed by atoms with van der Waals surface area (Å²) in [5.74, 6) is -0.123. The molecule has 1 fully saturated rings. The van der Waals surface area contributed by atoms with Gasteiger partial charge in [-0.1, -0.05) is 6.92 Å². The zero-order valence-corrected chi connectivity index (χ0v) is 9.40. The number of amides is 1. The van der Waals surface area contributed by atoms with Gasteiger partial charge in [0.2, 0.25) is 6.41 Å². The second-order valence-electron chi connectivity index (χ2n) is 3.08. The van der Waals surface area contributed by atoms with E-state index in [2.05, 4.69) is 4.74 Å². The van der Waals surface area contributed by atoms with Gasteiger partial charge < -0.3 is 14.4 Å². The third-order valence-electron chi connectivity index (χ3n) is 1.88. The first-order valence-electron chi connectivity index (χ1n) is 5.08. The summed E-state index contributed by atoms with van der Waals surface area (Å²) < 4.78 is 9.35. The van der Waals surface area contributed by atoms with Crippen molar-refractivity contribution in [1.29, 1.82) is 0 Å². The van der Waals surface area contributed by atoms with Crippen LogP contribution in [0.3, 0.4) is 0 Å². The van der Waals surface area contributed by atoms with E-state index < -0.39 is 0 Å². The third kappa shape index (κ3) is 7.93. The monoisotopic (exact) mass is 217 g/mol. The molecule has 1 heterocycles. The molecule has 0 aromatic heterocycles. The average Bonchev–Trinajstić information content (AvgIpc) is 2.31. The lowest BCUT2D eigenvalue weighted by Crippen LogP contribution is -2.34. The SMILES string of the molecule is CCCC(=O)OC.O=CN1CCOCC1. The highest BCUT2D eigenvalue weighted by atomic mass is 16.5. The molecule has 0 aromatic carbocycles. The molecule has 1 rings (SSSR count). The highest BCUT2D eigenvalue weighted by molar-refractivity contribution is 5.68. The summed E-state index contributed by atoms with van der Waals surface area (Å²) in [7, 11) is 1.40. The summed E-state index contributed by atoms with van der Waals surface area (Å²) in [6.07, 6.45) is 2.27. The zero-order chi connectivity index (χ0) is 11.5. The molecule has 0 radical (unpaired) electrons. The van der Waals surface area contributed by atoms with Gasteiger partial charge in [0.05, 0.1) is 20.3 Å². The summed E-state index contributed by atoms with van der Waals surface area (Å²) in [6, 6.07) is 0. The molecule has 0 spiro atoms. The fourth-order valence-corrected chi connectivity index (χ4v) is 0.989. The number of nitrogens with zero attached hydrogens (tertiary/aromatic N) is 1. The first-order valence-corrected chi connectivity index (χ1v) is 5.08. The molecular weight excluding hydrogens is 198 g/mol. The van der Waals surface area contributed by atoms with Crippen LogP contribution in [-0.2, 0) is 19.1 Å². The Bertz CT molecular complexity index is 178. The number of rotatable bonds is 3. The Morgan fingerprint density at radius 1 is 1.47 bits per heavy atom. The molecule has 1 saturated heterocycles. The average molecular weight is 217 g/mol. The van der Waals surface area contributed by atoms with Crippen LogP contribution < -0.4 is 0 Å². The quantitative estimate of drug-likeness (QED) is 0.508. The standard InChI is InChI=1S/C5H9NO2.C5H10O2/c7-5-6-1-3-8-4-2-6;1-3-4-5(6)7-2/h5H,1-4H2;3-4H2,1-2H3. The minimum atomic E-state index is -0.123. The van der Waals surface area contributed by atoms with E-state index in [1.165, 1.54) is 7.11 Å². The van der Waals surface area contributed by atoms with E-state index in [-0.39, 0.29) is 5.97 Å². The van der Waals surface area contributed by atoms with E-state index >= 15 is 0 Å². The number of morpholine rings is 1. The summed E-state index contributed by atoms with van der Waals surface area (Å²) in [5.41, 5.74) is 0. The van der Waals surface area contributed by atoms with E-state index in [0.717, 1.165) is 25.9 Å². The fraction of sp³-hybridized carbons (Fsp3) is 0.800. The van der Waals surface area contributed by atoms with Gasteiger partial charge >= 0.3 is 5.97 Å². The van der Waals surface area contributed by atoms with Crippen molar-refractivity contribution in [2.45, 2.75) is 19.8 Å². The Labute approximate surface area is 90.3 Å².